The molecule has 1 spiro atoms. The van der Waals surface area contributed by atoms with E-state index in [0.29, 0.717) is 11.5 Å². The molecule has 2 fully saturated rings. The van der Waals surface area contributed by atoms with Crippen LogP contribution < -0.4 is 5.32 Å². The average molecular weight is 286 g/mol. The van der Waals surface area contributed by atoms with Gasteiger partial charge in [-0.15, -0.1) is 0 Å². The van der Waals surface area contributed by atoms with Gasteiger partial charge < -0.3 is 5.32 Å². The molecule has 0 radical (unpaired) electrons. The molecule has 1 aromatic rings. The van der Waals surface area contributed by atoms with E-state index in [9.17, 15) is 0 Å². The Morgan fingerprint density at radius 3 is 2.71 bits per heavy atom. The van der Waals surface area contributed by atoms with E-state index < -0.39 is 0 Å². The molecule has 2 unspecified atom stereocenters. The Labute approximate surface area is 129 Å². The lowest BCUT2D eigenvalue weighted by atomic mass is 9.74. The summed E-state index contributed by atoms with van der Waals surface area (Å²) in [6.45, 7) is 7.43. The first kappa shape index (κ1) is 15.1. The zero-order valence-electron chi connectivity index (χ0n) is 13.5. The zero-order valence-corrected chi connectivity index (χ0v) is 13.5. The van der Waals surface area contributed by atoms with E-state index in [2.05, 4.69) is 47.5 Å². The fourth-order valence-electron chi connectivity index (χ4n) is 4.35. The van der Waals surface area contributed by atoms with Crippen LogP contribution in [0.2, 0.25) is 0 Å². The van der Waals surface area contributed by atoms with Crippen molar-refractivity contribution < 1.29 is 0 Å². The Kier molecular flexibility index (Phi) is 4.97. The maximum atomic E-state index is 3.65. The number of likely N-dealkylation sites (tertiary alicyclic amines) is 1. The van der Waals surface area contributed by atoms with Gasteiger partial charge in [-0.25, -0.2) is 0 Å². The minimum atomic E-state index is 0.570. The normalized spacial score (nSPS) is 28.6. The average Bonchev–Trinajstić information content (AvgIpc) is 2.54. The van der Waals surface area contributed by atoms with Crippen molar-refractivity contribution in [3.63, 3.8) is 0 Å². The Hall–Kier alpha value is -0.860. The molecule has 2 aliphatic heterocycles. The predicted octanol–water partition coefficient (Wildman–Crippen LogP) is 3.47. The molecule has 116 valence electrons. The van der Waals surface area contributed by atoms with E-state index >= 15 is 0 Å². The van der Waals surface area contributed by atoms with Crippen molar-refractivity contribution in [2.75, 3.05) is 26.2 Å². The summed E-state index contributed by atoms with van der Waals surface area (Å²) in [6.07, 6.45) is 8.08. The molecule has 0 bridgehead atoms. The van der Waals surface area contributed by atoms with Gasteiger partial charge in [-0.2, -0.15) is 0 Å². The number of hydrogen-bond donors (Lipinski definition) is 1. The topological polar surface area (TPSA) is 15.3 Å². The summed E-state index contributed by atoms with van der Waals surface area (Å²) in [6, 6.07) is 11.7. The smallest absolute Gasteiger partial charge is 0.0133 e. The predicted molar refractivity (Wildman–Crippen MR) is 89.6 cm³/mol. The standard InChI is InChI=1S/C19H30N2/c1-2-18(14-17-8-4-3-5-9-17)21-13-7-11-19(16-21)10-6-12-20-15-19/h3-5,8-9,18,20H,2,6-7,10-16H2,1H3. The van der Waals surface area contributed by atoms with Crippen molar-refractivity contribution in [2.45, 2.75) is 51.5 Å². The summed E-state index contributed by atoms with van der Waals surface area (Å²) in [7, 11) is 0. The van der Waals surface area contributed by atoms with Crippen LogP contribution in [0.4, 0.5) is 0 Å². The number of nitrogens with one attached hydrogen (secondary N) is 1. The molecule has 0 saturated carbocycles. The van der Waals surface area contributed by atoms with Crippen molar-refractivity contribution in [3.05, 3.63) is 35.9 Å². The van der Waals surface area contributed by atoms with E-state index in [1.54, 1.807) is 0 Å². The molecule has 2 aliphatic rings. The molecule has 2 saturated heterocycles. The molecule has 2 nitrogen and oxygen atoms in total. The van der Waals surface area contributed by atoms with Crippen LogP contribution in [-0.2, 0) is 6.42 Å². The molecule has 2 heteroatoms. The van der Waals surface area contributed by atoms with Crippen molar-refractivity contribution in [1.29, 1.82) is 0 Å². The van der Waals surface area contributed by atoms with Crippen LogP contribution in [0.25, 0.3) is 0 Å². The minimum absolute atomic E-state index is 0.570. The molecular formula is C19H30N2. The summed E-state index contributed by atoms with van der Waals surface area (Å²) >= 11 is 0. The third-order valence-electron chi connectivity index (χ3n) is 5.55. The van der Waals surface area contributed by atoms with Crippen LogP contribution in [0, 0.1) is 5.41 Å². The Bertz CT molecular complexity index is 417. The Morgan fingerprint density at radius 1 is 1.19 bits per heavy atom. The number of piperidine rings is 2. The zero-order chi connectivity index (χ0) is 14.5. The van der Waals surface area contributed by atoms with Crippen LogP contribution in [0.3, 0.4) is 0 Å². The molecule has 21 heavy (non-hydrogen) atoms. The monoisotopic (exact) mass is 286 g/mol. The van der Waals surface area contributed by atoms with Gasteiger partial charge in [0.15, 0.2) is 0 Å². The first-order chi connectivity index (χ1) is 10.3. The first-order valence-corrected chi connectivity index (χ1v) is 8.80. The summed E-state index contributed by atoms with van der Waals surface area (Å²) < 4.78 is 0. The summed E-state index contributed by atoms with van der Waals surface area (Å²) in [5, 5.41) is 3.65. The van der Waals surface area contributed by atoms with Crippen molar-refractivity contribution in [2.24, 2.45) is 5.41 Å². The van der Waals surface area contributed by atoms with Crippen LogP contribution in [-0.4, -0.2) is 37.1 Å². The van der Waals surface area contributed by atoms with Gasteiger partial charge in [-0.1, -0.05) is 37.3 Å². The van der Waals surface area contributed by atoms with Gasteiger partial charge in [0.1, 0.15) is 0 Å². The van der Waals surface area contributed by atoms with Crippen LogP contribution in [0.15, 0.2) is 30.3 Å². The number of benzene rings is 1. The van der Waals surface area contributed by atoms with Gasteiger partial charge in [0.05, 0.1) is 0 Å². The second-order valence-electron chi connectivity index (χ2n) is 7.11. The number of rotatable bonds is 4. The van der Waals surface area contributed by atoms with Gasteiger partial charge in [0, 0.05) is 19.1 Å². The largest absolute Gasteiger partial charge is 0.316 e. The Morgan fingerprint density at radius 2 is 2.00 bits per heavy atom. The molecular weight excluding hydrogens is 256 g/mol. The maximum Gasteiger partial charge on any atom is 0.0133 e. The van der Waals surface area contributed by atoms with Gasteiger partial charge in [0.2, 0.25) is 0 Å². The quantitative estimate of drug-likeness (QED) is 0.911. The van der Waals surface area contributed by atoms with E-state index in [1.165, 1.54) is 70.3 Å². The molecule has 1 aromatic carbocycles. The fraction of sp³-hybridized carbons (Fsp3) is 0.684. The number of nitrogens with zero attached hydrogens (tertiary/aromatic N) is 1. The maximum absolute atomic E-state index is 3.65. The van der Waals surface area contributed by atoms with Gasteiger partial charge in [-0.3, -0.25) is 4.90 Å². The lowest BCUT2D eigenvalue weighted by molar-refractivity contribution is 0.0361. The third-order valence-corrected chi connectivity index (χ3v) is 5.55. The highest BCUT2D eigenvalue weighted by Gasteiger charge is 2.38. The molecule has 3 rings (SSSR count). The van der Waals surface area contributed by atoms with Crippen LogP contribution in [0.1, 0.15) is 44.6 Å². The summed E-state index contributed by atoms with van der Waals surface area (Å²) in [5.41, 5.74) is 2.06. The first-order valence-electron chi connectivity index (χ1n) is 8.80. The lowest BCUT2D eigenvalue weighted by Crippen LogP contribution is -2.53. The van der Waals surface area contributed by atoms with E-state index in [0.717, 1.165) is 0 Å². The molecule has 2 heterocycles. The van der Waals surface area contributed by atoms with E-state index in [1.807, 2.05) is 0 Å². The Balaban J connectivity index is 1.65. The van der Waals surface area contributed by atoms with Crippen LogP contribution >= 0.6 is 0 Å². The van der Waals surface area contributed by atoms with Gasteiger partial charge in [0.25, 0.3) is 0 Å². The van der Waals surface area contributed by atoms with Gasteiger partial charge in [-0.05, 0) is 62.6 Å². The number of hydrogen-bond acceptors (Lipinski definition) is 2. The van der Waals surface area contributed by atoms with E-state index in [4.69, 9.17) is 0 Å². The van der Waals surface area contributed by atoms with E-state index in [-0.39, 0.29) is 0 Å². The lowest BCUT2D eigenvalue weighted by Gasteiger charge is -2.48. The van der Waals surface area contributed by atoms with Crippen molar-refractivity contribution in [3.8, 4) is 0 Å². The SMILES string of the molecule is CCC(Cc1ccccc1)N1CCCC2(CCCNC2)C1. The second kappa shape index (κ2) is 6.93. The summed E-state index contributed by atoms with van der Waals surface area (Å²) in [4.78, 5) is 2.80. The molecule has 0 amide bonds. The van der Waals surface area contributed by atoms with Crippen molar-refractivity contribution >= 4 is 0 Å². The molecule has 1 N–H and O–H groups in total. The highest BCUT2D eigenvalue weighted by molar-refractivity contribution is 5.16. The molecule has 0 aromatic heterocycles. The van der Waals surface area contributed by atoms with Gasteiger partial charge >= 0.3 is 0 Å². The second-order valence-corrected chi connectivity index (χ2v) is 7.11. The minimum Gasteiger partial charge on any atom is -0.316 e. The third kappa shape index (κ3) is 3.67. The molecule has 2 atom stereocenters. The van der Waals surface area contributed by atoms with Crippen molar-refractivity contribution in [1.82, 2.24) is 10.2 Å². The highest BCUT2D eigenvalue weighted by atomic mass is 15.2. The molecule has 0 aliphatic carbocycles. The fourth-order valence-corrected chi connectivity index (χ4v) is 4.35. The van der Waals surface area contributed by atoms with Crippen LogP contribution in [0.5, 0.6) is 0 Å². The summed E-state index contributed by atoms with van der Waals surface area (Å²) in [5.74, 6) is 0. The highest BCUT2D eigenvalue weighted by Crippen LogP contribution is 2.37.